The number of nitrogens with one attached hydrogen (secondary N) is 1. The van der Waals surface area contributed by atoms with Gasteiger partial charge in [-0.25, -0.2) is 9.97 Å². The van der Waals surface area contributed by atoms with E-state index in [1.165, 1.54) is 13.3 Å². The highest BCUT2D eigenvalue weighted by Crippen LogP contribution is 2.22. The molecule has 1 aromatic heterocycles. The predicted octanol–water partition coefficient (Wildman–Crippen LogP) is 2.05. The Hall–Kier alpha value is -2.96. The fourth-order valence-corrected chi connectivity index (χ4v) is 2.33. The summed E-state index contributed by atoms with van der Waals surface area (Å²) in [6.45, 7) is 3.44. The average Bonchev–Trinajstić information content (AvgIpc) is 2.53. The number of hydrogen-bond acceptors (Lipinski definition) is 5. The topological polar surface area (TPSA) is 101 Å². The van der Waals surface area contributed by atoms with Crippen molar-refractivity contribution in [3.63, 3.8) is 0 Å². The fraction of sp³-hybridized carbons (Fsp3) is 0.294. The molecular weight excluding hydrogens is 310 g/mol. The number of rotatable bonds is 6. The van der Waals surface area contributed by atoms with Crippen molar-refractivity contribution in [1.82, 2.24) is 15.3 Å². The number of aryl methyl sites for hydroxylation is 2. The first-order chi connectivity index (χ1) is 11.4. The molecule has 0 radical (unpaired) electrons. The molecule has 7 heteroatoms. The van der Waals surface area contributed by atoms with Crippen molar-refractivity contribution in [2.24, 2.45) is 0 Å². The molecule has 2 N–H and O–H groups in total. The third-order valence-corrected chi connectivity index (χ3v) is 3.52. The maximum Gasteiger partial charge on any atom is 0.305 e. The standard InChI is InChI=1S/C17H19N3O4/c1-10-14(9-18-11(2)19-10)17(23)20-15(8-16(21)22)12-5-4-6-13(7-12)24-3/h4-7,9,15H,8H2,1-3H3,(H,20,23)(H,21,22). The third-order valence-electron chi connectivity index (χ3n) is 3.52. The van der Waals surface area contributed by atoms with E-state index < -0.39 is 17.9 Å². The number of carboxylic acid groups (broad SMARTS) is 1. The Labute approximate surface area is 139 Å². The van der Waals surface area contributed by atoms with E-state index in [0.29, 0.717) is 28.4 Å². The van der Waals surface area contributed by atoms with Gasteiger partial charge in [-0.1, -0.05) is 12.1 Å². The van der Waals surface area contributed by atoms with Crippen molar-refractivity contribution in [2.45, 2.75) is 26.3 Å². The first kappa shape index (κ1) is 17.4. The summed E-state index contributed by atoms with van der Waals surface area (Å²) in [6, 6.07) is 6.25. The van der Waals surface area contributed by atoms with E-state index in [9.17, 15) is 9.59 Å². The first-order valence-electron chi connectivity index (χ1n) is 7.37. The van der Waals surface area contributed by atoms with Crippen LogP contribution in [0.1, 0.15) is 39.9 Å². The van der Waals surface area contributed by atoms with Gasteiger partial charge in [0, 0.05) is 6.20 Å². The number of carbonyl (C=O) groups is 2. The predicted molar refractivity (Wildman–Crippen MR) is 87.0 cm³/mol. The first-order valence-corrected chi connectivity index (χ1v) is 7.37. The number of carbonyl (C=O) groups excluding carboxylic acids is 1. The monoisotopic (exact) mass is 329 g/mol. The number of amides is 1. The molecule has 7 nitrogen and oxygen atoms in total. The molecule has 2 rings (SSSR count). The Balaban J connectivity index is 2.28. The summed E-state index contributed by atoms with van der Waals surface area (Å²) in [5.74, 6) is -0.271. The van der Waals surface area contributed by atoms with Gasteiger partial charge in [0.25, 0.3) is 5.91 Å². The highest BCUT2D eigenvalue weighted by molar-refractivity contribution is 5.95. The SMILES string of the molecule is COc1cccc(C(CC(=O)O)NC(=O)c2cnc(C)nc2C)c1. The summed E-state index contributed by atoms with van der Waals surface area (Å²) in [7, 11) is 1.52. The molecule has 0 fully saturated rings. The second kappa shape index (κ2) is 7.54. The number of carboxylic acids is 1. The van der Waals surface area contributed by atoms with Crippen molar-refractivity contribution in [3.05, 3.63) is 53.1 Å². The lowest BCUT2D eigenvalue weighted by Gasteiger charge is -2.18. The minimum absolute atomic E-state index is 0.245. The molecule has 0 saturated heterocycles. The minimum atomic E-state index is -1.01. The van der Waals surface area contributed by atoms with Gasteiger partial charge in [-0.15, -0.1) is 0 Å². The van der Waals surface area contributed by atoms with E-state index >= 15 is 0 Å². The van der Waals surface area contributed by atoms with Gasteiger partial charge >= 0.3 is 5.97 Å². The maximum atomic E-state index is 12.5. The summed E-state index contributed by atoms with van der Waals surface area (Å²) in [6.07, 6.45) is 1.20. The lowest BCUT2D eigenvalue weighted by molar-refractivity contribution is -0.137. The van der Waals surface area contributed by atoms with Crippen LogP contribution in [0.3, 0.4) is 0 Å². The minimum Gasteiger partial charge on any atom is -0.497 e. The summed E-state index contributed by atoms with van der Waals surface area (Å²) < 4.78 is 5.15. The highest BCUT2D eigenvalue weighted by atomic mass is 16.5. The molecule has 1 atom stereocenters. The number of ether oxygens (including phenoxy) is 1. The van der Waals surface area contributed by atoms with E-state index in [-0.39, 0.29) is 6.42 Å². The summed E-state index contributed by atoms with van der Waals surface area (Å²) in [5.41, 5.74) is 1.51. The second-order valence-electron chi connectivity index (χ2n) is 5.32. The van der Waals surface area contributed by atoms with Crippen LogP contribution in [-0.4, -0.2) is 34.1 Å². The molecule has 0 aliphatic carbocycles. The maximum absolute atomic E-state index is 12.5. The Morgan fingerprint density at radius 1 is 1.33 bits per heavy atom. The molecule has 1 heterocycles. The molecule has 2 aromatic rings. The van der Waals surface area contributed by atoms with Crippen LogP contribution < -0.4 is 10.1 Å². The van der Waals surface area contributed by atoms with E-state index in [0.717, 1.165) is 0 Å². The fourth-order valence-electron chi connectivity index (χ4n) is 2.33. The Morgan fingerprint density at radius 2 is 2.08 bits per heavy atom. The average molecular weight is 329 g/mol. The molecule has 0 saturated carbocycles. The molecule has 0 bridgehead atoms. The number of aliphatic carboxylic acids is 1. The van der Waals surface area contributed by atoms with Crippen LogP contribution in [0.5, 0.6) is 5.75 Å². The van der Waals surface area contributed by atoms with Crippen molar-refractivity contribution in [1.29, 1.82) is 0 Å². The third kappa shape index (κ3) is 4.28. The molecule has 24 heavy (non-hydrogen) atoms. The van der Waals surface area contributed by atoms with Crippen LogP contribution in [0.15, 0.2) is 30.5 Å². The van der Waals surface area contributed by atoms with Crippen molar-refractivity contribution in [3.8, 4) is 5.75 Å². The van der Waals surface area contributed by atoms with Gasteiger partial charge in [0.15, 0.2) is 0 Å². The van der Waals surface area contributed by atoms with Crippen molar-refractivity contribution in [2.75, 3.05) is 7.11 Å². The van der Waals surface area contributed by atoms with Gasteiger partial charge in [-0.2, -0.15) is 0 Å². The number of hydrogen-bond donors (Lipinski definition) is 2. The Morgan fingerprint density at radius 3 is 2.71 bits per heavy atom. The highest BCUT2D eigenvalue weighted by Gasteiger charge is 2.21. The Kier molecular flexibility index (Phi) is 5.47. The van der Waals surface area contributed by atoms with Gasteiger partial charge in [-0.05, 0) is 31.5 Å². The van der Waals surface area contributed by atoms with Gasteiger partial charge in [0.2, 0.25) is 0 Å². The molecule has 1 unspecified atom stereocenters. The quantitative estimate of drug-likeness (QED) is 0.841. The zero-order valence-corrected chi connectivity index (χ0v) is 13.7. The van der Waals surface area contributed by atoms with Crippen molar-refractivity contribution < 1.29 is 19.4 Å². The van der Waals surface area contributed by atoms with E-state index in [2.05, 4.69) is 15.3 Å². The van der Waals surface area contributed by atoms with Crippen LogP contribution >= 0.6 is 0 Å². The normalized spacial score (nSPS) is 11.6. The zero-order valence-electron chi connectivity index (χ0n) is 13.7. The lowest BCUT2D eigenvalue weighted by Crippen LogP contribution is -2.31. The molecule has 1 amide bonds. The van der Waals surface area contributed by atoms with Gasteiger partial charge < -0.3 is 15.2 Å². The lowest BCUT2D eigenvalue weighted by atomic mass is 10.0. The largest absolute Gasteiger partial charge is 0.497 e. The second-order valence-corrected chi connectivity index (χ2v) is 5.32. The van der Waals surface area contributed by atoms with Crippen LogP contribution in [0.2, 0.25) is 0 Å². The van der Waals surface area contributed by atoms with Crippen LogP contribution in [-0.2, 0) is 4.79 Å². The molecule has 0 spiro atoms. The molecule has 1 aromatic carbocycles. The van der Waals surface area contributed by atoms with E-state index in [1.807, 2.05) is 0 Å². The van der Waals surface area contributed by atoms with Gasteiger partial charge in [0.05, 0.1) is 30.8 Å². The number of aromatic nitrogens is 2. The smallest absolute Gasteiger partial charge is 0.305 e. The van der Waals surface area contributed by atoms with Gasteiger partial charge in [-0.3, -0.25) is 9.59 Å². The molecule has 0 aliphatic heterocycles. The molecular formula is C17H19N3O4. The molecule has 126 valence electrons. The zero-order chi connectivity index (χ0) is 17.7. The Bertz CT molecular complexity index is 761. The summed E-state index contributed by atoms with van der Waals surface area (Å²) in [5, 5.41) is 11.9. The van der Waals surface area contributed by atoms with Crippen molar-refractivity contribution >= 4 is 11.9 Å². The van der Waals surface area contributed by atoms with Gasteiger partial charge in [0.1, 0.15) is 11.6 Å². The van der Waals surface area contributed by atoms with E-state index in [1.54, 1.807) is 38.1 Å². The summed E-state index contributed by atoms with van der Waals surface area (Å²) in [4.78, 5) is 31.8. The number of methoxy groups -OCH3 is 1. The van der Waals surface area contributed by atoms with Crippen LogP contribution in [0, 0.1) is 13.8 Å². The summed E-state index contributed by atoms with van der Waals surface area (Å²) >= 11 is 0. The molecule has 0 aliphatic rings. The van der Waals surface area contributed by atoms with Crippen LogP contribution in [0.25, 0.3) is 0 Å². The number of benzene rings is 1. The van der Waals surface area contributed by atoms with E-state index in [4.69, 9.17) is 9.84 Å². The number of nitrogens with zero attached hydrogens (tertiary/aromatic N) is 2. The van der Waals surface area contributed by atoms with Crippen LogP contribution in [0.4, 0.5) is 0 Å².